The van der Waals surface area contributed by atoms with Gasteiger partial charge in [0.25, 0.3) is 0 Å². The number of hydrogen-bond donors (Lipinski definition) is 1. The minimum absolute atomic E-state index is 0.230. The average Bonchev–Trinajstić information content (AvgIpc) is 2.41. The van der Waals surface area contributed by atoms with Gasteiger partial charge >= 0.3 is 0 Å². The largest absolute Gasteiger partial charge is 0.356 e. The van der Waals surface area contributed by atoms with Gasteiger partial charge in [0.15, 0.2) is 0 Å². The van der Waals surface area contributed by atoms with Crippen LogP contribution in [0.1, 0.15) is 74.1 Å². The van der Waals surface area contributed by atoms with E-state index < -0.39 is 0 Å². The molecule has 0 aliphatic heterocycles. The van der Waals surface area contributed by atoms with Gasteiger partial charge in [-0.3, -0.25) is 4.79 Å². The van der Waals surface area contributed by atoms with Crippen LogP contribution >= 0.6 is 0 Å². The van der Waals surface area contributed by atoms with Gasteiger partial charge in [0.1, 0.15) is 0 Å². The number of carbonyl (C=O) groups excluding carboxylic acids is 1. The summed E-state index contributed by atoms with van der Waals surface area (Å²) in [6.45, 7) is 15.9. The molecule has 0 aromatic heterocycles. The standard InChI is InChI=1S/C15H29NO.C2H6/c1-6-15(5)9-8-12(11(3)4)13(10-15)14(17)16-7-2;1-2/h11-13H,6-10H2,1-5H3,(H,16,17);1-2H3. The van der Waals surface area contributed by atoms with Crippen LogP contribution in [0.15, 0.2) is 0 Å². The quantitative estimate of drug-likeness (QED) is 0.791. The van der Waals surface area contributed by atoms with Gasteiger partial charge in [0.2, 0.25) is 5.91 Å². The third kappa shape index (κ3) is 5.16. The first kappa shape index (κ1) is 18.5. The third-order valence-electron chi connectivity index (χ3n) is 4.71. The molecule has 0 bridgehead atoms. The second-order valence-corrected chi connectivity index (χ2v) is 6.32. The van der Waals surface area contributed by atoms with Crippen LogP contribution in [0.3, 0.4) is 0 Å². The average molecular weight is 269 g/mol. The van der Waals surface area contributed by atoms with Gasteiger partial charge in [-0.15, -0.1) is 0 Å². The van der Waals surface area contributed by atoms with E-state index in [1.807, 2.05) is 20.8 Å². The van der Waals surface area contributed by atoms with E-state index in [4.69, 9.17) is 0 Å². The highest BCUT2D eigenvalue weighted by Crippen LogP contribution is 2.46. The Hall–Kier alpha value is -0.530. The molecule has 19 heavy (non-hydrogen) atoms. The Morgan fingerprint density at radius 2 is 1.89 bits per heavy atom. The highest BCUT2D eigenvalue weighted by atomic mass is 16.1. The van der Waals surface area contributed by atoms with Crippen molar-refractivity contribution in [3.8, 4) is 0 Å². The monoisotopic (exact) mass is 269 g/mol. The van der Waals surface area contributed by atoms with E-state index in [2.05, 4.69) is 33.0 Å². The minimum atomic E-state index is 0.230. The molecule has 1 amide bonds. The van der Waals surface area contributed by atoms with Crippen LogP contribution in [0.5, 0.6) is 0 Å². The summed E-state index contributed by atoms with van der Waals surface area (Å²) in [6.07, 6.45) is 4.75. The molecule has 1 N–H and O–H groups in total. The lowest BCUT2D eigenvalue weighted by Crippen LogP contribution is -2.43. The molecule has 0 radical (unpaired) electrons. The Labute approximate surface area is 120 Å². The second kappa shape index (κ2) is 8.60. The Bertz CT molecular complexity index is 262. The Morgan fingerprint density at radius 3 is 2.32 bits per heavy atom. The molecule has 3 atom stereocenters. The molecule has 1 aliphatic carbocycles. The zero-order valence-corrected chi connectivity index (χ0v) is 14.2. The van der Waals surface area contributed by atoms with Crippen molar-refractivity contribution in [2.45, 2.75) is 74.1 Å². The molecule has 0 saturated heterocycles. The predicted molar refractivity (Wildman–Crippen MR) is 84.1 cm³/mol. The number of nitrogens with one attached hydrogen (secondary N) is 1. The maximum Gasteiger partial charge on any atom is 0.223 e. The number of hydrogen-bond acceptors (Lipinski definition) is 1. The maximum absolute atomic E-state index is 12.2. The van der Waals surface area contributed by atoms with Crippen molar-refractivity contribution in [3.05, 3.63) is 0 Å². The molecular weight excluding hydrogens is 234 g/mol. The van der Waals surface area contributed by atoms with Crippen LogP contribution in [-0.2, 0) is 4.79 Å². The van der Waals surface area contributed by atoms with Crippen LogP contribution < -0.4 is 5.32 Å². The lowest BCUT2D eigenvalue weighted by atomic mass is 9.62. The fourth-order valence-electron chi connectivity index (χ4n) is 3.21. The number of rotatable bonds is 4. The van der Waals surface area contributed by atoms with Crippen LogP contribution in [0, 0.1) is 23.2 Å². The summed E-state index contributed by atoms with van der Waals surface area (Å²) in [5, 5.41) is 3.02. The molecular formula is C17H35NO. The lowest BCUT2D eigenvalue weighted by molar-refractivity contribution is -0.130. The molecule has 114 valence electrons. The summed E-state index contributed by atoms with van der Waals surface area (Å²) >= 11 is 0. The molecule has 0 aromatic rings. The van der Waals surface area contributed by atoms with Crippen molar-refractivity contribution in [1.29, 1.82) is 0 Å². The highest BCUT2D eigenvalue weighted by molar-refractivity contribution is 5.79. The highest BCUT2D eigenvalue weighted by Gasteiger charge is 2.40. The molecule has 1 saturated carbocycles. The predicted octanol–water partition coefficient (Wildman–Crippen LogP) is 4.64. The topological polar surface area (TPSA) is 29.1 Å². The van der Waals surface area contributed by atoms with E-state index in [-0.39, 0.29) is 11.8 Å². The summed E-state index contributed by atoms with van der Waals surface area (Å²) < 4.78 is 0. The molecule has 0 heterocycles. The fourth-order valence-corrected chi connectivity index (χ4v) is 3.21. The SMILES string of the molecule is CC.CCNC(=O)C1CC(C)(CC)CCC1C(C)C. The van der Waals surface area contributed by atoms with E-state index in [9.17, 15) is 4.79 Å². The summed E-state index contributed by atoms with van der Waals surface area (Å²) in [5.74, 6) is 1.70. The molecule has 1 rings (SSSR count). The van der Waals surface area contributed by atoms with E-state index in [0.29, 0.717) is 17.3 Å². The van der Waals surface area contributed by atoms with Crippen LogP contribution in [-0.4, -0.2) is 12.5 Å². The molecule has 0 spiro atoms. The molecule has 1 fully saturated rings. The smallest absolute Gasteiger partial charge is 0.223 e. The van der Waals surface area contributed by atoms with Crippen molar-refractivity contribution in [1.82, 2.24) is 5.32 Å². The minimum Gasteiger partial charge on any atom is -0.356 e. The van der Waals surface area contributed by atoms with Crippen molar-refractivity contribution < 1.29 is 4.79 Å². The fraction of sp³-hybridized carbons (Fsp3) is 0.941. The first-order chi connectivity index (χ1) is 8.93. The summed E-state index contributed by atoms with van der Waals surface area (Å²) in [6, 6.07) is 0. The lowest BCUT2D eigenvalue weighted by Gasteiger charge is -2.43. The van der Waals surface area contributed by atoms with Crippen molar-refractivity contribution in [3.63, 3.8) is 0 Å². The van der Waals surface area contributed by atoms with Gasteiger partial charge in [-0.05, 0) is 43.4 Å². The first-order valence-electron chi connectivity index (χ1n) is 8.21. The van der Waals surface area contributed by atoms with Crippen LogP contribution in [0.25, 0.3) is 0 Å². The molecule has 0 aromatic carbocycles. The number of amides is 1. The Kier molecular flexibility index (Phi) is 8.36. The summed E-state index contributed by atoms with van der Waals surface area (Å²) in [4.78, 5) is 12.2. The molecule has 2 heteroatoms. The van der Waals surface area contributed by atoms with Crippen LogP contribution in [0.2, 0.25) is 0 Å². The van der Waals surface area contributed by atoms with Crippen molar-refractivity contribution in [2.24, 2.45) is 23.2 Å². The van der Waals surface area contributed by atoms with E-state index >= 15 is 0 Å². The van der Waals surface area contributed by atoms with Gasteiger partial charge in [-0.2, -0.15) is 0 Å². The van der Waals surface area contributed by atoms with Gasteiger partial charge in [-0.1, -0.05) is 48.0 Å². The van der Waals surface area contributed by atoms with Gasteiger partial charge in [-0.25, -0.2) is 0 Å². The zero-order chi connectivity index (χ0) is 15.1. The summed E-state index contributed by atoms with van der Waals surface area (Å²) in [7, 11) is 0. The van der Waals surface area contributed by atoms with E-state index in [0.717, 1.165) is 13.0 Å². The summed E-state index contributed by atoms with van der Waals surface area (Å²) in [5.41, 5.74) is 0.376. The molecule has 2 nitrogen and oxygen atoms in total. The first-order valence-corrected chi connectivity index (χ1v) is 8.21. The molecule has 3 unspecified atom stereocenters. The zero-order valence-electron chi connectivity index (χ0n) is 14.2. The van der Waals surface area contributed by atoms with Gasteiger partial charge in [0.05, 0.1) is 0 Å². The van der Waals surface area contributed by atoms with Gasteiger partial charge < -0.3 is 5.32 Å². The third-order valence-corrected chi connectivity index (χ3v) is 4.71. The second-order valence-electron chi connectivity index (χ2n) is 6.32. The Morgan fingerprint density at radius 1 is 1.32 bits per heavy atom. The normalized spacial score (nSPS) is 30.5. The van der Waals surface area contributed by atoms with Crippen molar-refractivity contribution in [2.75, 3.05) is 6.54 Å². The van der Waals surface area contributed by atoms with E-state index in [1.54, 1.807) is 0 Å². The molecule has 1 aliphatic rings. The van der Waals surface area contributed by atoms with Crippen molar-refractivity contribution >= 4 is 5.91 Å². The van der Waals surface area contributed by atoms with Gasteiger partial charge in [0, 0.05) is 12.5 Å². The number of carbonyl (C=O) groups is 1. The van der Waals surface area contributed by atoms with E-state index in [1.165, 1.54) is 19.3 Å². The maximum atomic E-state index is 12.2. The Balaban J connectivity index is 0.00000154. The van der Waals surface area contributed by atoms with Crippen LogP contribution in [0.4, 0.5) is 0 Å².